The van der Waals surface area contributed by atoms with Gasteiger partial charge >= 0.3 is 333 Å². The molecule has 0 fully saturated rings. The number of amidine groups is 2. The third-order valence-corrected chi connectivity index (χ3v) is 13.7. The summed E-state index contributed by atoms with van der Waals surface area (Å²) in [6.07, 6.45) is 0. The van der Waals surface area contributed by atoms with Gasteiger partial charge in [0.05, 0.1) is 0 Å². The molecule has 0 N–H and O–H groups in total. The van der Waals surface area contributed by atoms with Crippen LogP contribution < -0.4 is 7.53 Å². The van der Waals surface area contributed by atoms with Gasteiger partial charge in [0, 0.05) is 0 Å². The van der Waals surface area contributed by atoms with Crippen LogP contribution in [0, 0.1) is 0 Å². The van der Waals surface area contributed by atoms with E-state index in [1.54, 1.807) is 0 Å². The van der Waals surface area contributed by atoms with Gasteiger partial charge in [0.15, 0.2) is 0 Å². The molecule has 282 valence electrons. The van der Waals surface area contributed by atoms with Gasteiger partial charge in [0.2, 0.25) is 0 Å². The predicted octanol–water partition coefficient (Wildman–Crippen LogP) is 10.8. The van der Waals surface area contributed by atoms with E-state index in [9.17, 15) is 0 Å². The van der Waals surface area contributed by atoms with E-state index in [1.807, 2.05) is 0 Å². The third-order valence-electron chi connectivity index (χ3n) is 7.90. The summed E-state index contributed by atoms with van der Waals surface area (Å²) in [6, 6.07) is 25.6. The molecule has 6 nitrogen and oxygen atoms in total. The molecule has 0 aliphatic rings. The molecule has 0 saturated heterocycles. The summed E-state index contributed by atoms with van der Waals surface area (Å²) in [7, 11) is 0. The van der Waals surface area contributed by atoms with E-state index in [1.165, 1.54) is 11.1 Å². The Hall–Kier alpha value is -2.71. The zero-order valence-electron chi connectivity index (χ0n) is 35.5. The molecule has 0 aliphatic heterocycles. The molecular formula is C44H66Ge2N4O2. The summed E-state index contributed by atoms with van der Waals surface area (Å²) >= 11 is -2.40. The summed E-state index contributed by atoms with van der Waals surface area (Å²) in [5.74, 6) is 3.71. The van der Waals surface area contributed by atoms with E-state index in [2.05, 4.69) is 205 Å². The Bertz CT molecular complexity index is 1550. The Morgan fingerprint density at radius 1 is 0.462 bits per heavy atom. The summed E-state index contributed by atoms with van der Waals surface area (Å²) < 4.78 is 19.0. The topological polar surface area (TPSA) is 49.7 Å². The Morgan fingerprint density at radius 2 is 0.769 bits per heavy atom. The van der Waals surface area contributed by atoms with Crippen LogP contribution in [0.15, 0.2) is 82.8 Å². The first-order valence-electron chi connectivity index (χ1n) is 18.5. The van der Waals surface area contributed by atoms with Gasteiger partial charge in [-0.3, -0.25) is 0 Å². The van der Waals surface area contributed by atoms with Crippen LogP contribution in [0.1, 0.15) is 147 Å². The van der Waals surface area contributed by atoms with Gasteiger partial charge in [0.1, 0.15) is 0 Å². The number of rotatable bonds is 8. The fourth-order valence-corrected chi connectivity index (χ4v) is 9.15. The van der Waals surface area contributed by atoms with Crippen molar-refractivity contribution < 1.29 is 7.53 Å². The Morgan fingerprint density at radius 3 is 1.02 bits per heavy atom. The molecule has 0 heterocycles. The second-order valence-electron chi connectivity index (χ2n) is 19.7. The van der Waals surface area contributed by atoms with Gasteiger partial charge < -0.3 is 0 Å². The van der Waals surface area contributed by atoms with Gasteiger partial charge in [-0.25, -0.2) is 0 Å². The fraction of sp³-hybridized carbons (Fsp3) is 0.545. The minimum atomic E-state index is -1.20. The first-order valence-corrected chi connectivity index (χ1v) is 22.1. The van der Waals surface area contributed by atoms with Crippen LogP contribution in [0.25, 0.3) is 0 Å². The van der Waals surface area contributed by atoms with Crippen LogP contribution in [-0.2, 0) is 10.8 Å². The maximum absolute atomic E-state index is 7.10. The molecular weight excluding hydrogens is 762 g/mol. The zero-order valence-corrected chi connectivity index (χ0v) is 39.7. The van der Waals surface area contributed by atoms with Crippen LogP contribution in [-0.4, -0.2) is 73.5 Å². The molecule has 52 heavy (non-hydrogen) atoms. The second kappa shape index (κ2) is 16.3. The number of hydrogen-bond acceptors (Lipinski definition) is 4. The Kier molecular flexibility index (Phi) is 13.7. The summed E-state index contributed by atoms with van der Waals surface area (Å²) in [5, 5.41) is 0. The molecule has 0 unspecified atom stereocenters. The average Bonchev–Trinajstić information content (AvgIpc) is 2.97. The normalized spacial score (nSPS) is 14.0. The average molecular weight is 828 g/mol. The number of benzene rings is 3. The third kappa shape index (κ3) is 12.7. The molecule has 3 aromatic carbocycles. The first-order chi connectivity index (χ1) is 23.6. The molecule has 0 aromatic heterocycles. The quantitative estimate of drug-likeness (QED) is 0.129. The molecule has 0 spiro atoms. The summed E-state index contributed by atoms with van der Waals surface area (Å²) in [6.45, 7) is 40.0. The van der Waals surface area contributed by atoms with E-state index in [-0.39, 0.29) is 33.0 Å². The van der Waals surface area contributed by atoms with Crippen molar-refractivity contribution >= 4 is 43.7 Å². The van der Waals surface area contributed by atoms with Crippen LogP contribution in [0.5, 0.6) is 11.5 Å². The minimum absolute atomic E-state index is 0.151. The molecule has 3 rings (SSSR count). The van der Waals surface area contributed by atoms with Crippen molar-refractivity contribution in [1.82, 2.24) is 7.71 Å². The van der Waals surface area contributed by atoms with Gasteiger partial charge in [-0.2, -0.15) is 0 Å². The Labute approximate surface area is 331 Å². The van der Waals surface area contributed by atoms with Gasteiger partial charge in [-0.15, -0.1) is 0 Å². The van der Waals surface area contributed by atoms with Crippen LogP contribution in [0.2, 0.25) is 0 Å². The van der Waals surface area contributed by atoms with Crippen LogP contribution >= 0.6 is 0 Å². The van der Waals surface area contributed by atoms with E-state index >= 15 is 0 Å². The van der Waals surface area contributed by atoms with Gasteiger partial charge in [-0.05, 0) is 0 Å². The van der Waals surface area contributed by atoms with Crippen molar-refractivity contribution in [3.05, 3.63) is 95.1 Å². The zero-order chi connectivity index (χ0) is 39.5. The van der Waals surface area contributed by atoms with E-state index in [4.69, 9.17) is 17.5 Å². The standard InChI is InChI=1S/C44H66Ge2N4O2/c1-39(2,3)33-29-34(40(4,5)6)36(52-46-50(44(16,17)18)38(48-42(10,11)12)32-27-23-20-24-28-32)30-35(33)51-45-49(43(13,14)15)37(47-41(7,8)9)31-25-21-19-22-26-31/h19-30H,1-18H3. The molecule has 3 aromatic rings. The molecule has 0 bridgehead atoms. The van der Waals surface area contributed by atoms with Gasteiger partial charge in [-0.1, -0.05) is 0 Å². The van der Waals surface area contributed by atoms with Crippen molar-refractivity contribution in [2.45, 2.75) is 158 Å². The van der Waals surface area contributed by atoms with E-state index < -0.39 is 32.0 Å². The molecule has 8 heteroatoms. The summed E-state index contributed by atoms with van der Waals surface area (Å²) in [5.41, 5.74) is 3.31. The van der Waals surface area contributed by atoms with Crippen LogP contribution in [0.4, 0.5) is 0 Å². The first kappa shape index (κ1) is 43.7. The monoisotopic (exact) mass is 830 g/mol. The Balaban J connectivity index is 2.19. The van der Waals surface area contributed by atoms with Gasteiger partial charge in [0.25, 0.3) is 0 Å². The SMILES string of the molecule is CC(C)(C)N=C(c1ccccc1)[N]([Ge][O]c1cc([O][Ge][N](C(=NC(C)(C)C)c2ccccc2)C(C)(C)C)c(C(C)(C)C)cc1C(C)(C)C)C(C)(C)C. The fourth-order valence-electron chi connectivity index (χ4n) is 5.38. The van der Waals surface area contributed by atoms with Crippen molar-refractivity contribution in [2.24, 2.45) is 9.98 Å². The number of hydrogen-bond donors (Lipinski definition) is 0. The van der Waals surface area contributed by atoms with Crippen molar-refractivity contribution in [3.63, 3.8) is 0 Å². The maximum atomic E-state index is 7.10. The molecule has 4 radical (unpaired) electrons. The number of nitrogens with zero attached hydrogens (tertiary/aromatic N) is 4. The van der Waals surface area contributed by atoms with E-state index in [0.29, 0.717) is 0 Å². The summed E-state index contributed by atoms with van der Waals surface area (Å²) in [4.78, 5) is 10.6. The van der Waals surface area contributed by atoms with Crippen molar-refractivity contribution in [3.8, 4) is 11.5 Å². The van der Waals surface area contributed by atoms with Crippen molar-refractivity contribution in [2.75, 3.05) is 0 Å². The number of aliphatic imine (C=N–C) groups is 2. The molecule has 0 saturated carbocycles. The molecule has 0 atom stereocenters. The van der Waals surface area contributed by atoms with E-state index in [0.717, 1.165) is 34.3 Å². The molecule has 0 amide bonds. The molecule has 0 aliphatic carbocycles. The predicted molar refractivity (Wildman–Crippen MR) is 225 cm³/mol. The second-order valence-corrected chi connectivity index (χ2v) is 23.2. The van der Waals surface area contributed by atoms with Crippen molar-refractivity contribution in [1.29, 1.82) is 0 Å². The van der Waals surface area contributed by atoms with Crippen LogP contribution in [0.3, 0.4) is 0 Å².